The summed E-state index contributed by atoms with van der Waals surface area (Å²) in [5, 5.41) is 12.4. The summed E-state index contributed by atoms with van der Waals surface area (Å²) in [7, 11) is 0. The highest BCUT2D eigenvalue weighted by Crippen LogP contribution is 2.20. The van der Waals surface area contributed by atoms with E-state index in [0.29, 0.717) is 5.75 Å². The summed E-state index contributed by atoms with van der Waals surface area (Å²) >= 11 is 1.32. The number of hydrogen-bond donors (Lipinski definition) is 3. The van der Waals surface area contributed by atoms with Gasteiger partial charge < -0.3 is 16.2 Å². The third kappa shape index (κ3) is 5.22. The van der Waals surface area contributed by atoms with Crippen molar-refractivity contribution in [2.45, 2.75) is 18.9 Å². The third-order valence-electron chi connectivity index (χ3n) is 2.86. The number of aliphatic hydroxyl groups excluding tert-OH is 1. The van der Waals surface area contributed by atoms with Crippen LogP contribution in [0.5, 0.6) is 0 Å². The average molecular weight is 296 g/mol. The normalized spacial score (nSPS) is 13.5. The van der Waals surface area contributed by atoms with E-state index < -0.39 is 5.54 Å². The molecule has 0 aromatic heterocycles. The van der Waals surface area contributed by atoms with Gasteiger partial charge in [-0.15, -0.1) is 0 Å². The van der Waals surface area contributed by atoms with E-state index in [1.807, 2.05) is 30.3 Å². The predicted molar refractivity (Wildman–Crippen MR) is 80.2 cm³/mol. The molecule has 0 aliphatic heterocycles. The number of rotatable bonds is 8. The molecule has 0 aliphatic rings. The first-order chi connectivity index (χ1) is 9.48. The van der Waals surface area contributed by atoms with Gasteiger partial charge in [-0.05, 0) is 12.5 Å². The number of nitrogens with one attached hydrogen (secondary N) is 1. The summed E-state index contributed by atoms with van der Waals surface area (Å²) in [5.41, 5.74) is 5.06. The van der Waals surface area contributed by atoms with Crippen molar-refractivity contribution in [1.82, 2.24) is 5.32 Å². The third-order valence-corrected chi connectivity index (χ3v) is 3.84. The van der Waals surface area contributed by atoms with Gasteiger partial charge in [-0.1, -0.05) is 30.3 Å². The summed E-state index contributed by atoms with van der Waals surface area (Å²) in [4.78, 5) is 22.5. The Morgan fingerprint density at radius 2 is 2.00 bits per heavy atom. The van der Waals surface area contributed by atoms with Crippen molar-refractivity contribution in [3.05, 3.63) is 35.9 Å². The van der Waals surface area contributed by atoms with Crippen LogP contribution >= 0.6 is 11.8 Å². The van der Waals surface area contributed by atoms with Gasteiger partial charge in [-0.25, -0.2) is 0 Å². The molecular formula is C14H20N2O3S. The molecule has 1 aromatic rings. The Morgan fingerprint density at radius 1 is 1.35 bits per heavy atom. The number of carbonyl (C=O) groups excluding carboxylic acids is 2. The largest absolute Gasteiger partial charge is 0.394 e. The number of thioether (sulfide) groups is 1. The van der Waals surface area contributed by atoms with Crippen molar-refractivity contribution in [2.24, 2.45) is 5.73 Å². The molecule has 110 valence electrons. The van der Waals surface area contributed by atoms with E-state index in [-0.39, 0.29) is 30.6 Å². The standard InChI is InChI=1S/C14H20N2O3S/c1-14(10-17,11-5-3-2-4-6-11)16-13(19)7-8-20-9-12(15)18/h2-6,17H,7-10H2,1H3,(H2,15,18)(H,16,19). The van der Waals surface area contributed by atoms with E-state index in [1.54, 1.807) is 6.92 Å². The molecule has 1 aromatic carbocycles. The zero-order valence-electron chi connectivity index (χ0n) is 11.5. The lowest BCUT2D eigenvalue weighted by Gasteiger charge is -2.29. The Balaban J connectivity index is 2.51. The SMILES string of the molecule is CC(CO)(NC(=O)CCSCC(N)=O)c1ccccc1. The molecule has 5 nitrogen and oxygen atoms in total. The van der Waals surface area contributed by atoms with Gasteiger partial charge in [0.15, 0.2) is 0 Å². The predicted octanol–water partition coefficient (Wildman–Crippen LogP) is 0.619. The molecule has 1 atom stereocenters. The molecule has 0 radical (unpaired) electrons. The molecule has 1 unspecified atom stereocenters. The van der Waals surface area contributed by atoms with Crippen molar-refractivity contribution in [2.75, 3.05) is 18.1 Å². The topological polar surface area (TPSA) is 92.4 Å². The van der Waals surface area contributed by atoms with Crippen LogP contribution in [0.1, 0.15) is 18.9 Å². The minimum atomic E-state index is -0.799. The molecule has 2 amide bonds. The monoisotopic (exact) mass is 296 g/mol. The van der Waals surface area contributed by atoms with E-state index in [1.165, 1.54) is 11.8 Å². The molecular weight excluding hydrogens is 276 g/mol. The van der Waals surface area contributed by atoms with Crippen molar-refractivity contribution >= 4 is 23.6 Å². The van der Waals surface area contributed by atoms with E-state index >= 15 is 0 Å². The van der Waals surface area contributed by atoms with E-state index in [4.69, 9.17) is 5.73 Å². The maximum Gasteiger partial charge on any atom is 0.227 e. The van der Waals surface area contributed by atoms with Gasteiger partial charge >= 0.3 is 0 Å². The Hall–Kier alpha value is -1.53. The van der Waals surface area contributed by atoms with Gasteiger partial charge in [0.1, 0.15) is 0 Å². The first kappa shape index (κ1) is 16.5. The zero-order chi connectivity index (χ0) is 15.0. The summed E-state index contributed by atoms with van der Waals surface area (Å²) < 4.78 is 0. The quantitative estimate of drug-likeness (QED) is 0.613. The molecule has 0 spiro atoms. The van der Waals surface area contributed by atoms with Crippen molar-refractivity contribution in [1.29, 1.82) is 0 Å². The fraction of sp³-hybridized carbons (Fsp3) is 0.429. The van der Waals surface area contributed by atoms with Crippen LogP contribution < -0.4 is 11.1 Å². The molecule has 0 heterocycles. The van der Waals surface area contributed by atoms with Crippen LogP contribution in [0, 0.1) is 0 Å². The second-order valence-electron chi connectivity index (χ2n) is 4.67. The van der Waals surface area contributed by atoms with Crippen molar-refractivity contribution in [3.8, 4) is 0 Å². The highest BCUT2D eigenvalue weighted by molar-refractivity contribution is 7.99. The second kappa shape index (κ2) is 7.91. The molecule has 6 heteroatoms. The van der Waals surface area contributed by atoms with E-state index in [2.05, 4.69) is 5.32 Å². The molecule has 0 saturated carbocycles. The summed E-state index contributed by atoms with van der Waals surface area (Å²) in [6.07, 6.45) is 0.278. The van der Waals surface area contributed by atoms with Crippen LogP contribution in [0.4, 0.5) is 0 Å². The highest BCUT2D eigenvalue weighted by Gasteiger charge is 2.27. The first-order valence-electron chi connectivity index (χ1n) is 6.31. The van der Waals surface area contributed by atoms with Crippen LogP contribution in [-0.4, -0.2) is 35.0 Å². The average Bonchev–Trinajstić information content (AvgIpc) is 2.44. The Kier molecular flexibility index (Phi) is 6.54. The van der Waals surface area contributed by atoms with Crippen LogP contribution in [0.15, 0.2) is 30.3 Å². The molecule has 0 bridgehead atoms. The van der Waals surface area contributed by atoms with Gasteiger partial charge in [0.2, 0.25) is 11.8 Å². The Morgan fingerprint density at radius 3 is 2.55 bits per heavy atom. The maximum absolute atomic E-state index is 11.9. The fourth-order valence-corrected chi connectivity index (χ4v) is 2.39. The lowest BCUT2D eigenvalue weighted by molar-refractivity contribution is -0.123. The van der Waals surface area contributed by atoms with Crippen LogP contribution in [0.2, 0.25) is 0 Å². The summed E-state index contributed by atoms with van der Waals surface area (Å²) in [6.45, 7) is 1.59. The number of primary amides is 1. The summed E-state index contributed by atoms with van der Waals surface area (Å²) in [6, 6.07) is 9.32. The fourth-order valence-electron chi connectivity index (χ4n) is 1.72. The Labute approximate surface area is 122 Å². The molecule has 0 aliphatic carbocycles. The van der Waals surface area contributed by atoms with E-state index in [0.717, 1.165) is 5.56 Å². The minimum absolute atomic E-state index is 0.164. The number of amides is 2. The van der Waals surface area contributed by atoms with Crippen LogP contribution in [0.25, 0.3) is 0 Å². The van der Waals surface area contributed by atoms with Gasteiger partial charge in [-0.3, -0.25) is 9.59 Å². The lowest BCUT2D eigenvalue weighted by atomic mass is 9.93. The number of nitrogens with two attached hydrogens (primary N) is 1. The van der Waals surface area contributed by atoms with Gasteiger partial charge in [0.05, 0.1) is 17.9 Å². The molecule has 4 N–H and O–H groups in total. The Bertz CT molecular complexity index is 453. The zero-order valence-corrected chi connectivity index (χ0v) is 12.3. The second-order valence-corrected chi connectivity index (χ2v) is 5.78. The van der Waals surface area contributed by atoms with Crippen LogP contribution in [0.3, 0.4) is 0 Å². The number of benzene rings is 1. The first-order valence-corrected chi connectivity index (χ1v) is 7.47. The summed E-state index contributed by atoms with van der Waals surface area (Å²) in [5.74, 6) is 0.177. The highest BCUT2D eigenvalue weighted by atomic mass is 32.2. The lowest BCUT2D eigenvalue weighted by Crippen LogP contribution is -2.46. The molecule has 1 rings (SSSR count). The number of hydrogen-bond acceptors (Lipinski definition) is 4. The van der Waals surface area contributed by atoms with Crippen molar-refractivity contribution < 1.29 is 14.7 Å². The molecule has 0 saturated heterocycles. The van der Waals surface area contributed by atoms with Gasteiger partial charge in [0.25, 0.3) is 0 Å². The number of carbonyl (C=O) groups is 2. The maximum atomic E-state index is 11.9. The molecule has 20 heavy (non-hydrogen) atoms. The number of aliphatic hydroxyl groups is 1. The van der Waals surface area contributed by atoms with Crippen molar-refractivity contribution in [3.63, 3.8) is 0 Å². The van der Waals surface area contributed by atoms with Gasteiger partial charge in [0, 0.05) is 12.2 Å². The van der Waals surface area contributed by atoms with Gasteiger partial charge in [-0.2, -0.15) is 11.8 Å². The smallest absolute Gasteiger partial charge is 0.227 e. The van der Waals surface area contributed by atoms with Crippen LogP contribution in [-0.2, 0) is 15.1 Å². The van der Waals surface area contributed by atoms with E-state index in [9.17, 15) is 14.7 Å². The minimum Gasteiger partial charge on any atom is -0.394 e. The molecule has 0 fully saturated rings.